The summed E-state index contributed by atoms with van der Waals surface area (Å²) in [6.07, 6.45) is 11.2. The van der Waals surface area contributed by atoms with E-state index < -0.39 is 23.8 Å². The van der Waals surface area contributed by atoms with Gasteiger partial charge in [0.1, 0.15) is 81.2 Å². The summed E-state index contributed by atoms with van der Waals surface area (Å²) < 4.78 is 49.3. The summed E-state index contributed by atoms with van der Waals surface area (Å²) in [5.41, 5.74) is 5.34. The molecule has 0 saturated heterocycles. The lowest BCUT2D eigenvalue weighted by Crippen LogP contribution is -2.52. The van der Waals surface area contributed by atoms with E-state index in [4.69, 9.17) is 42.6 Å². The van der Waals surface area contributed by atoms with Gasteiger partial charge < -0.3 is 69.2 Å². The van der Waals surface area contributed by atoms with E-state index in [0.29, 0.717) is 163 Å². The Bertz CT molecular complexity index is 3610. The predicted octanol–water partition coefficient (Wildman–Crippen LogP) is 8.97. The van der Waals surface area contributed by atoms with E-state index in [1.165, 1.54) is 59.7 Å². The number of likely N-dealkylation sites (N-methyl/N-ethyl adjacent to an activating group) is 1. The van der Waals surface area contributed by atoms with Gasteiger partial charge in [-0.15, -0.1) is 0 Å². The molecule has 1 unspecified atom stereocenters. The molecule has 0 aromatic heterocycles. The number of nitrogens with one attached hydrogen (secondary N) is 5. The summed E-state index contributed by atoms with van der Waals surface area (Å²) in [5, 5.41) is 13.4. The standard InChI is InChI=1S/C37H62N4O12.C37H62N2O12.C28H42N2O3/c1-5-16-51-21-15-39-35(48)24-34(37(50)38-6-2)40-36(49)27-41(25-32(46)13-9-19-52-17-7-11-30(44)22-28(3)42)26-33(47)14-10-20-53-18-8-12-31(45)23-29(4)43;1-4-17-48-18-5-10-32(42)15-23-51-24-16-38-37(47)29-39(27-35(45)13-8-21-49-19-6-11-33(43)25-30(2)40)28-36(46)14-9-22-50-20-7-12-34(44)26-31(3)41;1-4-18-32-20-16-29-28(31)15-19-33-21-17-30(22-26-11-7-24(5-2)8-12-26)23-27-13-9-25(6-3)10-14-27/h34H,5-27H2,1-4H3,(H,38,50)(H,39,48)(H,40,49);4-29H2,1-3H3,(H,38,47);7-14H,4-6,15-23H2,1-3H3,(H,29,31). The molecule has 0 fully saturated rings. The Balaban J connectivity index is 0.00000208. The van der Waals surface area contributed by atoms with Crippen molar-refractivity contribution >= 4 is 105 Å². The van der Waals surface area contributed by atoms with Gasteiger partial charge in [-0.25, -0.2) is 0 Å². The third-order valence-electron chi connectivity index (χ3n) is 20.2. The van der Waals surface area contributed by atoms with Crippen molar-refractivity contribution in [3.05, 3.63) is 70.8 Å². The molecular formula is C102H166N8O27. The Morgan fingerprint density at radius 2 is 0.540 bits per heavy atom. The molecule has 5 amide bonds. The number of hydrogen-bond donors (Lipinski definition) is 5. The van der Waals surface area contributed by atoms with Crippen LogP contribution in [0.25, 0.3) is 0 Å². The molecule has 2 aromatic rings. The third kappa shape index (κ3) is 81.6. The molecular weight excluding hydrogens is 1770 g/mol. The quantitative estimate of drug-likeness (QED) is 0.0304. The van der Waals surface area contributed by atoms with E-state index in [2.05, 4.69) is 101 Å². The average Bonchev–Trinajstić information content (AvgIpc) is 0.857. The van der Waals surface area contributed by atoms with E-state index in [1.54, 1.807) is 6.92 Å². The van der Waals surface area contributed by atoms with Gasteiger partial charge in [0.15, 0.2) is 0 Å². The van der Waals surface area contributed by atoms with Gasteiger partial charge >= 0.3 is 0 Å². The number of nitrogens with zero attached hydrogens (tertiary/aromatic N) is 3. The Morgan fingerprint density at radius 1 is 0.263 bits per heavy atom. The highest BCUT2D eigenvalue weighted by Gasteiger charge is 2.27. The van der Waals surface area contributed by atoms with Crippen molar-refractivity contribution in [2.75, 3.05) is 191 Å². The van der Waals surface area contributed by atoms with Crippen LogP contribution in [0.4, 0.5) is 0 Å². The molecule has 0 spiro atoms. The molecule has 0 bridgehead atoms. The Kier molecular flexibility index (Phi) is 81.6. The van der Waals surface area contributed by atoms with Gasteiger partial charge in [0.05, 0.1) is 111 Å². The van der Waals surface area contributed by atoms with Crippen LogP contribution in [0.2, 0.25) is 0 Å². The minimum Gasteiger partial charge on any atom is -0.381 e. The summed E-state index contributed by atoms with van der Waals surface area (Å²) in [6.45, 7) is 27.6. The van der Waals surface area contributed by atoms with Crippen molar-refractivity contribution in [3.8, 4) is 0 Å². The second-order valence-electron chi connectivity index (χ2n) is 33.9. The van der Waals surface area contributed by atoms with Crippen molar-refractivity contribution in [3.63, 3.8) is 0 Å². The van der Waals surface area contributed by atoms with Gasteiger partial charge in [0.25, 0.3) is 0 Å². The molecule has 2 rings (SSSR count). The van der Waals surface area contributed by atoms with Crippen molar-refractivity contribution in [2.45, 2.75) is 281 Å². The molecule has 0 aliphatic rings. The molecule has 35 nitrogen and oxygen atoms in total. The van der Waals surface area contributed by atoms with Crippen LogP contribution in [-0.4, -0.2) is 316 Å². The highest BCUT2D eigenvalue weighted by molar-refractivity contribution is 6.00. The molecule has 0 saturated carbocycles. The molecule has 776 valence electrons. The summed E-state index contributed by atoms with van der Waals surface area (Å²) in [5.74, 6) is -3.94. The fourth-order valence-electron chi connectivity index (χ4n) is 13.3. The summed E-state index contributed by atoms with van der Waals surface area (Å²) >= 11 is 0. The maximum atomic E-state index is 13.2. The Labute approximate surface area is 813 Å². The number of benzene rings is 2. The van der Waals surface area contributed by atoms with Crippen LogP contribution >= 0.6 is 0 Å². The molecule has 137 heavy (non-hydrogen) atoms. The first-order valence-corrected chi connectivity index (χ1v) is 49.4. The van der Waals surface area contributed by atoms with Crippen LogP contribution in [0.1, 0.15) is 271 Å². The van der Waals surface area contributed by atoms with Gasteiger partial charge in [0.2, 0.25) is 29.5 Å². The van der Waals surface area contributed by atoms with E-state index in [9.17, 15) is 86.3 Å². The zero-order valence-electron chi connectivity index (χ0n) is 84.2. The van der Waals surface area contributed by atoms with E-state index in [0.717, 1.165) is 58.3 Å². The monoisotopic (exact) mass is 1940 g/mol. The van der Waals surface area contributed by atoms with Crippen molar-refractivity contribution in [1.29, 1.82) is 0 Å². The van der Waals surface area contributed by atoms with Crippen LogP contribution in [-0.2, 0) is 155 Å². The lowest BCUT2D eigenvalue weighted by Gasteiger charge is -2.23. The number of amides is 5. The first-order chi connectivity index (χ1) is 65.8. The first-order valence-electron chi connectivity index (χ1n) is 49.4. The number of carbonyl (C=O) groups excluding carboxylic acids is 18. The molecule has 1 atom stereocenters. The SMILES string of the molecule is CCCOCCCC(=O)CCOCCNC(=O)CN(CC(=O)CCCOCCCC(=O)CC(C)=O)CC(=O)CCCOCCCC(=O)CC(C)=O.CCCOCCNC(=O)CC(NC(=O)CN(CC(=O)CCCOCCCC(=O)CC(C)=O)CC(=O)CCCOCCCC(=O)CC(C)=O)C(=O)NCC.CCCOCCNC(=O)CCOCCN(Cc1ccc(CC)cc1)Cc1ccc(CC)cc1. The number of ether oxygens (including phenoxy) is 9. The second kappa shape index (κ2) is 87.3. The molecule has 5 N–H and O–H groups in total. The predicted molar refractivity (Wildman–Crippen MR) is 520 cm³/mol. The molecule has 0 aliphatic carbocycles. The van der Waals surface area contributed by atoms with E-state index in [1.807, 2.05) is 13.8 Å². The third-order valence-corrected chi connectivity index (χ3v) is 20.2. The molecule has 0 heterocycles. The fourth-order valence-corrected chi connectivity index (χ4v) is 13.3. The number of Topliss-reactive ketones (excluding diaryl/α,β-unsaturated/α-hetero) is 13. The largest absolute Gasteiger partial charge is 0.381 e. The topological polar surface area (TPSA) is 460 Å². The van der Waals surface area contributed by atoms with Gasteiger partial charge in [-0.2, -0.15) is 0 Å². The van der Waals surface area contributed by atoms with Crippen LogP contribution in [0.5, 0.6) is 0 Å². The molecule has 0 aliphatic heterocycles. The minimum atomic E-state index is -1.18. The van der Waals surface area contributed by atoms with Crippen LogP contribution in [0, 0.1) is 0 Å². The maximum absolute atomic E-state index is 13.2. The molecule has 0 radical (unpaired) electrons. The Morgan fingerprint density at radius 3 is 0.869 bits per heavy atom. The molecule has 2 aromatic carbocycles. The van der Waals surface area contributed by atoms with Gasteiger partial charge in [-0.05, 0) is 147 Å². The zero-order chi connectivity index (χ0) is 102. The number of hydrogen-bond acceptors (Lipinski definition) is 30. The van der Waals surface area contributed by atoms with Crippen LogP contribution in [0.3, 0.4) is 0 Å². The van der Waals surface area contributed by atoms with Crippen molar-refractivity contribution in [1.82, 2.24) is 41.3 Å². The Hall–Kier alpha value is -8.98. The van der Waals surface area contributed by atoms with E-state index in [-0.39, 0.29) is 262 Å². The number of carbonyl (C=O) groups is 18. The van der Waals surface area contributed by atoms with Crippen molar-refractivity contribution in [2.24, 2.45) is 0 Å². The summed E-state index contributed by atoms with van der Waals surface area (Å²) in [7, 11) is 0. The summed E-state index contributed by atoms with van der Waals surface area (Å²) in [6, 6.07) is 16.6. The van der Waals surface area contributed by atoms with Gasteiger partial charge in [0, 0.05) is 196 Å². The average molecular weight is 1940 g/mol. The summed E-state index contributed by atoms with van der Waals surface area (Å²) in [4.78, 5) is 222. The number of aryl methyl sites for hydroxylation is 2. The highest BCUT2D eigenvalue weighted by atomic mass is 16.5. The smallest absolute Gasteiger partial charge is 0.243 e. The second-order valence-corrected chi connectivity index (χ2v) is 33.9. The lowest BCUT2D eigenvalue weighted by molar-refractivity contribution is -0.133. The first kappa shape index (κ1) is 128. The van der Waals surface area contributed by atoms with Gasteiger partial charge in [-0.1, -0.05) is 83.1 Å². The number of ketones is 13. The fraction of sp³-hybridized carbons (Fsp3) is 0.706. The normalized spacial score (nSPS) is 11.2. The minimum absolute atomic E-state index is 0.0129. The van der Waals surface area contributed by atoms with Gasteiger partial charge in [-0.3, -0.25) is 101 Å². The van der Waals surface area contributed by atoms with Crippen LogP contribution < -0.4 is 26.6 Å². The highest BCUT2D eigenvalue weighted by Crippen LogP contribution is 2.15. The van der Waals surface area contributed by atoms with Crippen LogP contribution in [0.15, 0.2) is 48.5 Å². The maximum Gasteiger partial charge on any atom is 0.243 e. The van der Waals surface area contributed by atoms with Crippen molar-refractivity contribution < 1.29 is 129 Å². The molecule has 35 heteroatoms. The lowest BCUT2D eigenvalue weighted by atomic mass is 10.1. The zero-order valence-corrected chi connectivity index (χ0v) is 84.2. The number of rotatable bonds is 91. The van der Waals surface area contributed by atoms with E-state index >= 15 is 0 Å².